The summed E-state index contributed by atoms with van der Waals surface area (Å²) in [4.78, 5) is 0. The fraction of sp³-hybridized carbons (Fsp3) is 0.500. The van der Waals surface area contributed by atoms with Crippen LogP contribution in [0, 0.1) is 13.8 Å². The first kappa shape index (κ1) is 16.3. The van der Waals surface area contributed by atoms with Crippen molar-refractivity contribution in [1.82, 2.24) is 0 Å². The zero-order valence-electron chi connectivity index (χ0n) is 9.84. The molecule has 17 heavy (non-hydrogen) atoms. The smallest absolute Gasteiger partial charge is 0.324 e. The van der Waals surface area contributed by atoms with Crippen molar-refractivity contribution in [2.24, 2.45) is 5.73 Å². The van der Waals surface area contributed by atoms with Gasteiger partial charge in [0.2, 0.25) is 0 Å². The van der Waals surface area contributed by atoms with E-state index in [-0.39, 0.29) is 18.8 Å². The molecule has 0 aliphatic rings. The highest BCUT2D eigenvalue weighted by Gasteiger charge is 2.27. The highest BCUT2D eigenvalue weighted by molar-refractivity contribution is 5.85. The van der Waals surface area contributed by atoms with Crippen LogP contribution in [0.2, 0.25) is 0 Å². The average molecular weight is 268 g/mol. The Hall–Kier alpha value is -0.740. The van der Waals surface area contributed by atoms with Crippen molar-refractivity contribution < 1.29 is 13.2 Å². The van der Waals surface area contributed by atoms with Gasteiger partial charge in [0.05, 0.1) is 0 Å². The molecular formula is C12H17ClF3N. The molecule has 1 aromatic rings. The Morgan fingerprint density at radius 3 is 2.24 bits per heavy atom. The van der Waals surface area contributed by atoms with E-state index in [0.29, 0.717) is 0 Å². The van der Waals surface area contributed by atoms with Gasteiger partial charge in [-0.05, 0) is 37.0 Å². The van der Waals surface area contributed by atoms with Crippen LogP contribution in [0.25, 0.3) is 0 Å². The number of aryl methyl sites for hydroxylation is 2. The molecule has 2 N–H and O–H groups in total. The summed E-state index contributed by atoms with van der Waals surface area (Å²) in [5.74, 6) is 0. The summed E-state index contributed by atoms with van der Waals surface area (Å²) in [6, 6.07) is 5.00. The number of alkyl halides is 3. The first-order chi connectivity index (χ1) is 7.29. The molecule has 0 unspecified atom stereocenters. The van der Waals surface area contributed by atoms with E-state index < -0.39 is 18.6 Å². The third-order valence-corrected chi connectivity index (χ3v) is 2.70. The van der Waals surface area contributed by atoms with Crippen LogP contribution in [0.3, 0.4) is 0 Å². The number of nitrogens with two attached hydrogens (primary N) is 1. The quantitative estimate of drug-likeness (QED) is 0.878. The molecule has 5 heteroatoms. The van der Waals surface area contributed by atoms with Gasteiger partial charge in [-0.1, -0.05) is 18.2 Å². The molecule has 0 aliphatic heterocycles. The van der Waals surface area contributed by atoms with Gasteiger partial charge < -0.3 is 5.73 Å². The van der Waals surface area contributed by atoms with Gasteiger partial charge >= 0.3 is 6.18 Å². The van der Waals surface area contributed by atoms with Crippen LogP contribution in [0.1, 0.15) is 35.6 Å². The van der Waals surface area contributed by atoms with Crippen LogP contribution >= 0.6 is 12.4 Å². The van der Waals surface area contributed by atoms with E-state index >= 15 is 0 Å². The first-order valence-corrected chi connectivity index (χ1v) is 5.19. The summed E-state index contributed by atoms with van der Waals surface area (Å²) >= 11 is 0. The topological polar surface area (TPSA) is 26.0 Å². The zero-order valence-corrected chi connectivity index (χ0v) is 10.7. The maximum atomic E-state index is 12.0. The summed E-state index contributed by atoms with van der Waals surface area (Å²) in [7, 11) is 0. The molecule has 0 aromatic heterocycles. The maximum Gasteiger partial charge on any atom is 0.389 e. The van der Waals surface area contributed by atoms with E-state index in [9.17, 15) is 13.2 Å². The molecule has 1 rings (SSSR count). The predicted octanol–water partition coefficient (Wildman–Crippen LogP) is 4.07. The zero-order chi connectivity index (χ0) is 12.3. The minimum absolute atomic E-state index is 0. The van der Waals surface area contributed by atoms with Crippen molar-refractivity contribution in [3.63, 3.8) is 0 Å². The van der Waals surface area contributed by atoms with E-state index in [4.69, 9.17) is 5.73 Å². The Morgan fingerprint density at radius 1 is 1.18 bits per heavy atom. The fourth-order valence-corrected chi connectivity index (χ4v) is 1.48. The van der Waals surface area contributed by atoms with Gasteiger partial charge in [0.25, 0.3) is 0 Å². The minimum Gasteiger partial charge on any atom is -0.324 e. The fourth-order valence-electron chi connectivity index (χ4n) is 1.48. The molecule has 0 heterocycles. The molecule has 0 saturated heterocycles. The van der Waals surface area contributed by atoms with Crippen molar-refractivity contribution in [3.05, 3.63) is 34.9 Å². The highest BCUT2D eigenvalue weighted by atomic mass is 35.5. The van der Waals surface area contributed by atoms with E-state index in [1.54, 1.807) is 6.07 Å². The van der Waals surface area contributed by atoms with Gasteiger partial charge in [-0.2, -0.15) is 13.2 Å². The van der Waals surface area contributed by atoms with Gasteiger partial charge in [-0.25, -0.2) is 0 Å². The molecule has 0 amide bonds. The van der Waals surface area contributed by atoms with Crippen molar-refractivity contribution in [1.29, 1.82) is 0 Å². The molecule has 0 saturated carbocycles. The Labute approximate surface area is 106 Å². The molecule has 0 aliphatic carbocycles. The van der Waals surface area contributed by atoms with Crippen LogP contribution in [0.5, 0.6) is 0 Å². The van der Waals surface area contributed by atoms with Gasteiger partial charge in [0.15, 0.2) is 0 Å². The second-order valence-corrected chi connectivity index (χ2v) is 4.10. The second kappa shape index (κ2) is 6.26. The molecule has 1 aromatic carbocycles. The largest absolute Gasteiger partial charge is 0.389 e. The predicted molar refractivity (Wildman–Crippen MR) is 65.4 cm³/mol. The van der Waals surface area contributed by atoms with E-state index in [1.807, 2.05) is 26.0 Å². The number of hydrogen-bond acceptors (Lipinski definition) is 1. The van der Waals surface area contributed by atoms with Crippen molar-refractivity contribution in [3.8, 4) is 0 Å². The lowest BCUT2D eigenvalue weighted by atomic mass is 9.98. The van der Waals surface area contributed by atoms with Gasteiger partial charge in [-0.15, -0.1) is 12.4 Å². The van der Waals surface area contributed by atoms with Crippen molar-refractivity contribution in [2.45, 2.75) is 38.9 Å². The van der Waals surface area contributed by atoms with Gasteiger partial charge in [-0.3, -0.25) is 0 Å². The lowest BCUT2D eigenvalue weighted by molar-refractivity contribution is -0.136. The number of halogens is 4. The molecule has 0 fully saturated rings. The summed E-state index contributed by atoms with van der Waals surface area (Å²) in [6.45, 7) is 3.88. The average Bonchev–Trinajstić information content (AvgIpc) is 2.17. The summed E-state index contributed by atoms with van der Waals surface area (Å²) in [5, 5.41) is 0. The summed E-state index contributed by atoms with van der Waals surface area (Å²) in [5.41, 5.74) is 8.66. The molecule has 1 nitrogen and oxygen atoms in total. The monoisotopic (exact) mass is 267 g/mol. The van der Waals surface area contributed by atoms with Crippen LogP contribution in [0.4, 0.5) is 13.2 Å². The Kier molecular flexibility index (Phi) is 5.99. The lowest BCUT2D eigenvalue weighted by Crippen LogP contribution is -2.15. The summed E-state index contributed by atoms with van der Waals surface area (Å²) in [6.07, 6.45) is -5.02. The van der Waals surface area contributed by atoms with Gasteiger partial charge in [0.1, 0.15) is 0 Å². The Bertz CT molecular complexity index is 363. The van der Waals surface area contributed by atoms with Crippen LogP contribution in [-0.2, 0) is 0 Å². The number of hydrogen-bond donors (Lipinski definition) is 1. The van der Waals surface area contributed by atoms with E-state index in [0.717, 1.165) is 16.7 Å². The van der Waals surface area contributed by atoms with Crippen LogP contribution < -0.4 is 5.73 Å². The van der Waals surface area contributed by atoms with E-state index in [1.165, 1.54) is 0 Å². The molecule has 1 atom stereocenters. The maximum absolute atomic E-state index is 12.0. The lowest BCUT2D eigenvalue weighted by Gasteiger charge is -2.14. The third-order valence-electron chi connectivity index (χ3n) is 2.70. The van der Waals surface area contributed by atoms with Gasteiger partial charge in [0, 0.05) is 12.5 Å². The number of benzene rings is 1. The molecule has 0 spiro atoms. The first-order valence-electron chi connectivity index (χ1n) is 5.19. The van der Waals surface area contributed by atoms with Crippen LogP contribution in [0.15, 0.2) is 18.2 Å². The standard InChI is InChI=1S/C12H16F3N.ClH/c1-8-3-4-10(7-9(8)2)11(16)5-6-12(13,14)15;/h3-4,7,11H,5-6,16H2,1-2H3;1H/t11-;/m0./s1. The normalized spacial score (nSPS) is 13.1. The Balaban J connectivity index is 0.00000256. The highest BCUT2D eigenvalue weighted by Crippen LogP contribution is 2.26. The van der Waals surface area contributed by atoms with Crippen LogP contribution in [-0.4, -0.2) is 6.18 Å². The molecule has 0 radical (unpaired) electrons. The Morgan fingerprint density at radius 2 is 1.76 bits per heavy atom. The molecule has 98 valence electrons. The molecule has 0 bridgehead atoms. The summed E-state index contributed by atoms with van der Waals surface area (Å²) < 4.78 is 36.1. The second-order valence-electron chi connectivity index (χ2n) is 4.10. The van der Waals surface area contributed by atoms with Crippen molar-refractivity contribution >= 4 is 12.4 Å². The third kappa shape index (κ3) is 5.41. The SMILES string of the molecule is Cc1ccc([C@@H](N)CCC(F)(F)F)cc1C.Cl. The number of rotatable bonds is 3. The van der Waals surface area contributed by atoms with E-state index in [2.05, 4.69) is 0 Å². The van der Waals surface area contributed by atoms with Crippen molar-refractivity contribution in [2.75, 3.05) is 0 Å². The molecular weight excluding hydrogens is 251 g/mol. The minimum atomic E-state index is -4.13.